The molecule has 0 aliphatic carbocycles. The second-order valence-corrected chi connectivity index (χ2v) is 10.0. The van der Waals surface area contributed by atoms with Gasteiger partial charge in [-0.2, -0.15) is 4.31 Å². The number of hydrogen-bond acceptors (Lipinski definition) is 6. The third-order valence-corrected chi connectivity index (χ3v) is 7.79. The van der Waals surface area contributed by atoms with Gasteiger partial charge in [0.15, 0.2) is 0 Å². The molecule has 0 bridgehead atoms. The van der Waals surface area contributed by atoms with Crippen LogP contribution in [0.25, 0.3) is 16.5 Å². The van der Waals surface area contributed by atoms with Gasteiger partial charge in [0.05, 0.1) is 10.6 Å². The largest absolute Gasteiger partial charge is 0.336 e. The summed E-state index contributed by atoms with van der Waals surface area (Å²) < 4.78 is 29.3. The normalized spacial score (nSPS) is 15.1. The molecule has 11 heteroatoms. The number of halogens is 1. The number of aromatic nitrogens is 4. The summed E-state index contributed by atoms with van der Waals surface area (Å²) in [5.74, 6) is -0.141. The predicted molar refractivity (Wildman–Crippen MR) is 123 cm³/mol. The molecule has 1 aromatic heterocycles. The third kappa shape index (κ3) is 4.20. The zero-order valence-electron chi connectivity index (χ0n) is 17.4. The maximum absolute atomic E-state index is 13.2. The van der Waals surface area contributed by atoms with E-state index in [0.717, 1.165) is 16.5 Å². The molecule has 1 fully saturated rings. The number of hydrogen-bond donors (Lipinski definition) is 0. The van der Waals surface area contributed by atoms with Crippen molar-refractivity contribution in [3.05, 3.63) is 77.6 Å². The van der Waals surface area contributed by atoms with Crippen LogP contribution in [0, 0.1) is 0 Å². The number of tetrazole rings is 1. The first kappa shape index (κ1) is 21.5. The first-order valence-corrected chi connectivity index (χ1v) is 12.1. The van der Waals surface area contributed by atoms with Gasteiger partial charge in [0.1, 0.15) is 6.33 Å². The van der Waals surface area contributed by atoms with Crippen LogP contribution in [0.15, 0.2) is 71.9 Å². The Balaban J connectivity index is 1.27. The van der Waals surface area contributed by atoms with Crippen LogP contribution in [0.2, 0.25) is 5.02 Å². The molecule has 0 unspecified atom stereocenters. The molecule has 1 aliphatic heterocycles. The summed E-state index contributed by atoms with van der Waals surface area (Å²) in [5.41, 5.74) is 1.27. The minimum atomic E-state index is -3.67. The maximum atomic E-state index is 13.2. The monoisotopic (exact) mass is 482 g/mol. The minimum absolute atomic E-state index is 0.141. The Morgan fingerprint density at radius 1 is 0.879 bits per heavy atom. The number of piperazine rings is 1. The highest BCUT2D eigenvalue weighted by atomic mass is 35.5. The van der Waals surface area contributed by atoms with Gasteiger partial charge in [-0.05, 0) is 69.7 Å². The predicted octanol–water partition coefficient (Wildman–Crippen LogP) is 2.62. The third-order valence-electron chi connectivity index (χ3n) is 5.67. The summed E-state index contributed by atoms with van der Waals surface area (Å²) in [6, 6.07) is 17.3. The van der Waals surface area contributed by atoms with Crippen LogP contribution in [0.1, 0.15) is 10.4 Å². The summed E-state index contributed by atoms with van der Waals surface area (Å²) in [5, 5.41) is 13.3. The first-order chi connectivity index (χ1) is 15.9. The van der Waals surface area contributed by atoms with E-state index in [2.05, 4.69) is 15.5 Å². The Morgan fingerprint density at radius 3 is 2.27 bits per heavy atom. The van der Waals surface area contributed by atoms with Gasteiger partial charge in [-0.3, -0.25) is 4.79 Å². The van der Waals surface area contributed by atoms with Gasteiger partial charge in [0.2, 0.25) is 10.0 Å². The van der Waals surface area contributed by atoms with Gasteiger partial charge in [-0.15, -0.1) is 5.10 Å². The fourth-order valence-corrected chi connectivity index (χ4v) is 5.49. The molecule has 5 rings (SSSR count). The summed E-state index contributed by atoms with van der Waals surface area (Å²) in [6.07, 6.45) is 1.47. The molecule has 3 aromatic carbocycles. The first-order valence-electron chi connectivity index (χ1n) is 10.2. The van der Waals surface area contributed by atoms with Gasteiger partial charge in [-0.1, -0.05) is 23.7 Å². The lowest BCUT2D eigenvalue weighted by Crippen LogP contribution is -2.50. The fraction of sp³-hybridized carbons (Fsp3) is 0.182. The molecule has 2 heterocycles. The number of rotatable bonds is 4. The van der Waals surface area contributed by atoms with E-state index in [-0.39, 0.29) is 23.9 Å². The zero-order valence-corrected chi connectivity index (χ0v) is 18.9. The summed E-state index contributed by atoms with van der Waals surface area (Å²) >= 11 is 6.02. The van der Waals surface area contributed by atoms with E-state index in [1.807, 2.05) is 0 Å². The van der Waals surface area contributed by atoms with Crippen LogP contribution in [-0.2, 0) is 10.0 Å². The van der Waals surface area contributed by atoms with Gasteiger partial charge in [0.25, 0.3) is 5.91 Å². The van der Waals surface area contributed by atoms with Gasteiger partial charge >= 0.3 is 0 Å². The number of fused-ring (bicyclic) bond motifs is 1. The Hall–Kier alpha value is -3.34. The second-order valence-electron chi connectivity index (χ2n) is 7.65. The van der Waals surface area contributed by atoms with Crippen LogP contribution >= 0.6 is 11.6 Å². The molecule has 1 saturated heterocycles. The quantitative estimate of drug-likeness (QED) is 0.443. The average molecular weight is 483 g/mol. The van der Waals surface area contributed by atoms with Crippen molar-refractivity contribution in [2.75, 3.05) is 26.2 Å². The molecule has 4 aromatic rings. The van der Waals surface area contributed by atoms with Crippen molar-refractivity contribution in [2.24, 2.45) is 0 Å². The van der Waals surface area contributed by atoms with E-state index >= 15 is 0 Å². The topological polar surface area (TPSA) is 101 Å². The Kier molecular flexibility index (Phi) is 5.57. The highest BCUT2D eigenvalue weighted by Gasteiger charge is 2.30. The molecular formula is C22H19ClN6O3S. The second kappa shape index (κ2) is 8.54. The van der Waals surface area contributed by atoms with Crippen molar-refractivity contribution in [2.45, 2.75) is 4.90 Å². The lowest BCUT2D eigenvalue weighted by molar-refractivity contribution is 0.0698. The highest BCUT2D eigenvalue weighted by molar-refractivity contribution is 7.89. The van der Waals surface area contributed by atoms with E-state index in [1.54, 1.807) is 65.6 Å². The summed E-state index contributed by atoms with van der Waals surface area (Å²) in [7, 11) is -3.67. The van der Waals surface area contributed by atoms with Crippen molar-refractivity contribution >= 4 is 38.3 Å². The number of nitrogens with zero attached hydrogens (tertiary/aromatic N) is 6. The van der Waals surface area contributed by atoms with E-state index in [0.29, 0.717) is 23.7 Å². The van der Waals surface area contributed by atoms with Crippen molar-refractivity contribution in [3.8, 4) is 5.69 Å². The van der Waals surface area contributed by atoms with Gasteiger partial charge in [-0.25, -0.2) is 13.1 Å². The molecule has 0 spiro atoms. The zero-order chi connectivity index (χ0) is 23.0. The van der Waals surface area contributed by atoms with Gasteiger partial charge in [0, 0.05) is 36.8 Å². The molecule has 0 N–H and O–H groups in total. The Labute approximate surface area is 195 Å². The molecule has 9 nitrogen and oxygen atoms in total. The molecule has 168 valence electrons. The van der Waals surface area contributed by atoms with Crippen molar-refractivity contribution in [3.63, 3.8) is 0 Å². The van der Waals surface area contributed by atoms with Gasteiger partial charge < -0.3 is 4.90 Å². The Bertz CT molecular complexity index is 1420. The number of benzene rings is 3. The summed E-state index contributed by atoms with van der Waals surface area (Å²) in [6.45, 7) is 1.09. The van der Waals surface area contributed by atoms with Crippen molar-refractivity contribution < 1.29 is 13.2 Å². The number of amides is 1. The van der Waals surface area contributed by atoms with Crippen LogP contribution in [0.3, 0.4) is 0 Å². The van der Waals surface area contributed by atoms with Crippen LogP contribution in [0.5, 0.6) is 0 Å². The maximum Gasteiger partial charge on any atom is 0.253 e. The molecule has 0 atom stereocenters. The lowest BCUT2D eigenvalue weighted by atomic mass is 10.1. The lowest BCUT2D eigenvalue weighted by Gasteiger charge is -2.34. The SMILES string of the molecule is O=C(c1ccc(-n2cnnn2)cc1)N1CCN(S(=O)(=O)c2ccc3cc(Cl)ccc3c2)CC1. The highest BCUT2D eigenvalue weighted by Crippen LogP contribution is 2.25. The summed E-state index contributed by atoms with van der Waals surface area (Å²) in [4.78, 5) is 14.8. The number of carbonyl (C=O) groups is 1. The molecule has 0 saturated carbocycles. The van der Waals surface area contributed by atoms with E-state index in [9.17, 15) is 13.2 Å². The molecule has 1 amide bonds. The van der Waals surface area contributed by atoms with Crippen molar-refractivity contribution in [1.82, 2.24) is 29.4 Å². The number of sulfonamides is 1. The van der Waals surface area contributed by atoms with Crippen LogP contribution in [-0.4, -0.2) is 69.9 Å². The standard InChI is InChI=1S/C22H19ClN6O3S/c23-19-5-1-18-14-21(8-4-17(18)13-19)33(31,32)28-11-9-27(10-12-28)22(30)16-2-6-20(7-3-16)29-15-24-25-26-29/h1-8,13-15H,9-12H2. The fourth-order valence-electron chi connectivity index (χ4n) is 3.85. The Morgan fingerprint density at radius 2 is 1.58 bits per heavy atom. The number of carbonyl (C=O) groups excluding carboxylic acids is 1. The van der Waals surface area contributed by atoms with E-state index < -0.39 is 10.0 Å². The van der Waals surface area contributed by atoms with E-state index in [4.69, 9.17) is 11.6 Å². The van der Waals surface area contributed by atoms with Crippen LogP contribution < -0.4 is 0 Å². The minimum Gasteiger partial charge on any atom is -0.336 e. The molecular weight excluding hydrogens is 464 g/mol. The van der Waals surface area contributed by atoms with E-state index in [1.165, 1.54) is 15.3 Å². The smallest absolute Gasteiger partial charge is 0.253 e. The van der Waals surface area contributed by atoms with Crippen molar-refractivity contribution in [1.29, 1.82) is 0 Å². The average Bonchev–Trinajstić information content (AvgIpc) is 3.38. The molecule has 0 radical (unpaired) electrons. The molecule has 1 aliphatic rings. The van der Waals surface area contributed by atoms with Crippen LogP contribution in [0.4, 0.5) is 0 Å². The molecule has 33 heavy (non-hydrogen) atoms.